The van der Waals surface area contributed by atoms with E-state index in [9.17, 15) is 4.79 Å². The zero-order chi connectivity index (χ0) is 21.2. The van der Waals surface area contributed by atoms with Gasteiger partial charge in [0.15, 0.2) is 5.16 Å². The molecule has 0 unspecified atom stereocenters. The lowest BCUT2D eigenvalue weighted by Gasteiger charge is -2.16. The molecule has 1 aromatic carbocycles. The Morgan fingerprint density at radius 2 is 2.13 bits per heavy atom. The third kappa shape index (κ3) is 4.31. The lowest BCUT2D eigenvalue weighted by atomic mass is 10.1. The van der Waals surface area contributed by atoms with Crippen LogP contribution in [0.4, 0.5) is 0 Å². The Morgan fingerprint density at radius 3 is 2.87 bits per heavy atom. The molecule has 0 amide bonds. The second kappa shape index (κ2) is 8.94. The standard InChI is InChI=1S/C24H23N3O2S2/c1-16-6-8-18(9-7-16)20-15-30-22-21(20)23(28)27(13-19-5-3-11-29-19)24(26-22)31-14-17-4-2-10-25-12-17/h2,4,6-10,12,15,19H,3,5,11,13-14H2,1H3/t19-/m1/s1. The van der Waals surface area contributed by atoms with Crippen LogP contribution in [0.25, 0.3) is 21.3 Å². The molecule has 4 aromatic rings. The molecule has 1 fully saturated rings. The van der Waals surface area contributed by atoms with Crippen molar-refractivity contribution in [1.82, 2.24) is 14.5 Å². The second-order valence-corrected chi connectivity index (χ2v) is 9.59. The minimum Gasteiger partial charge on any atom is -0.376 e. The average Bonchev–Trinajstić information content (AvgIpc) is 3.46. The van der Waals surface area contributed by atoms with Crippen molar-refractivity contribution in [2.45, 2.75) is 43.3 Å². The molecule has 0 radical (unpaired) electrons. The van der Waals surface area contributed by atoms with E-state index in [0.717, 1.165) is 46.1 Å². The molecule has 0 spiro atoms. The van der Waals surface area contributed by atoms with Gasteiger partial charge in [0, 0.05) is 35.7 Å². The minimum atomic E-state index is 0.0195. The molecule has 5 nitrogen and oxygen atoms in total. The van der Waals surface area contributed by atoms with E-state index in [2.05, 4.69) is 41.6 Å². The minimum absolute atomic E-state index is 0.0195. The van der Waals surface area contributed by atoms with E-state index < -0.39 is 0 Å². The highest BCUT2D eigenvalue weighted by Gasteiger charge is 2.22. The van der Waals surface area contributed by atoms with Gasteiger partial charge in [-0.2, -0.15) is 0 Å². The fourth-order valence-electron chi connectivity index (χ4n) is 3.85. The summed E-state index contributed by atoms with van der Waals surface area (Å²) >= 11 is 3.12. The summed E-state index contributed by atoms with van der Waals surface area (Å²) in [6, 6.07) is 12.3. The van der Waals surface area contributed by atoms with Crippen LogP contribution in [0.5, 0.6) is 0 Å². The maximum absolute atomic E-state index is 13.7. The zero-order valence-electron chi connectivity index (χ0n) is 17.3. The van der Waals surface area contributed by atoms with Gasteiger partial charge in [-0.15, -0.1) is 11.3 Å². The predicted octanol–water partition coefficient (Wildman–Crippen LogP) is 5.30. The van der Waals surface area contributed by atoms with Gasteiger partial charge in [0.1, 0.15) is 4.83 Å². The monoisotopic (exact) mass is 449 g/mol. The van der Waals surface area contributed by atoms with Gasteiger partial charge in [0.25, 0.3) is 5.56 Å². The highest BCUT2D eigenvalue weighted by atomic mass is 32.2. The number of thioether (sulfide) groups is 1. The summed E-state index contributed by atoms with van der Waals surface area (Å²) in [4.78, 5) is 23.6. The highest BCUT2D eigenvalue weighted by Crippen LogP contribution is 2.33. The third-order valence-corrected chi connectivity index (χ3v) is 7.44. The van der Waals surface area contributed by atoms with Crippen molar-refractivity contribution in [3.63, 3.8) is 0 Å². The van der Waals surface area contributed by atoms with E-state index in [0.29, 0.717) is 17.7 Å². The molecule has 0 bridgehead atoms. The highest BCUT2D eigenvalue weighted by molar-refractivity contribution is 7.98. The van der Waals surface area contributed by atoms with Gasteiger partial charge in [-0.25, -0.2) is 4.98 Å². The van der Waals surface area contributed by atoms with E-state index >= 15 is 0 Å². The van der Waals surface area contributed by atoms with Crippen LogP contribution in [0.3, 0.4) is 0 Å². The maximum atomic E-state index is 13.7. The Kier molecular flexibility index (Phi) is 5.89. The first-order valence-corrected chi connectivity index (χ1v) is 12.3. The zero-order valence-corrected chi connectivity index (χ0v) is 18.9. The Labute approximate surface area is 189 Å². The normalized spacial score (nSPS) is 16.2. The quantitative estimate of drug-likeness (QED) is 0.295. The fourth-order valence-corrected chi connectivity index (χ4v) is 5.78. The summed E-state index contributed by atoms with van der Waals surface area (Å²) in [5, 5.41) is 3.50. The number of pyridine rings is 1. The molecule has 1 aliphatic rings. The average molecular weight is 450 g/mol. The number of aromatic nitrogens is 3. The Balaban J connectivity index is 1.58. The van der Waals surface area contributed by atoms with Crippen molar-refractivity contribution in [1.29, 1.82) is 0 Å². The van der Waals surface area contributed by atoms with Gasteiger partial charge in [-0.3, -0.25) is 14.3 Å². The fraction of sp³-hybridized carbons (Fsp3) is 0.292. The molecule has 1 atom stereocenters. The summed E-state index contributed by atoms with van der Waals surface area (Å²) in [6.45, 7) is 3.37. The summed E-state index contributed by atoms with van der Waals surface area (Å²) in [6.07, 6.45) is 5.71. The molecule has 7 heteroatoms. The molecule has 1 saturated heterocycles. The van der Waals surface area contributed by atoms with Gasteiger partial charge in [-0.05, 0) is 37.0 Å². The molecular formula is C24H23N3O2S2. The molecule has 4 heterocycles. The van der Waals surface area contributed by atoms with Crippen LogP contribution >= 0.6 is 23.1 Å². The van der Waals surface area contributed by atoms with Crippen molar-refractivity contribution in [2.75, 3.05) is 6.61 Å². The topological polar surface area (TPSA) is 57.0 Å². The number of benzene rings is 1. The van der Waals surface area contributed by atoms with Crippen LogP contribution in [-0.4, -0.2) is 27.2 Å². The molecule has 1 aliphatic heterocycles. The number of hydrogen-bond donors (Lipinski definition) is 0. The number of hydrogen-bond acceptors (Lipinski definition) is 6. The number of rotatable bonds is 6. The third-order valence-electron chi connectivity index (χ3n) is 5.52. The van der Waals surface area contributed by atoms with Crippen molar-refractivity contribution in [3.8, 4) is 11.1 Å². The molecular weight excluding hydrogens is 426 g/mol. The van der Waals surface area contributed by atoms with E-state index in [1.165, 1.54) is 16.9 Å². The lowest BCUT2D eigenvalue weighted by Crippen LogP contribution is -2.28. The van der Waals surface area contributed by atoms with Gasteiger partial charge < -0.3 is 4.74 Å². The summed E-state index contributed by atoms with van der Waals surface area (Å²) in [5.74, 6) is 0.716. The van der Waals surface area contributed by atoms with Gasteiger partial charge in [0.05, 0.1) is 18.0 Å². The molecule has 5 rings (SSSR count). The predicted molar refractivity (Wildman–Crippen MR) is 127 cm³/mol. The van der Waals surface area contributed by atoms with Crippen molar-refractivity contribution in [3.05, 3.63) is 75.7 Å². The van der Waals surface area contributed by atoms with Crippen LogP contribution < -0.4 is 5.56 Å². The summed E-state index contributed by atoms with van der Waals surface area (Å²) < 4.78 is 7.67. The SMILES string of the molecule is Cc1ccc(-c2csc3nc(SCc4cccnc4)n(C[C@H]4CCCO4)c(=O)c23)cc1. The number of ether oxygens (including phenoxy) is 1. The molecule has 0 saturated carbocycles. The van der Waals surface area contributed by atoms with E-state index in [1.54, 1.807) is 18.0 Å². The Bertz CT molecular complexity index is 1240. The van der Waals surface area contributed by atoms with Crippen molar-refractivity contribution < 1.29 is 4.74 Å². The molecule has 158 valence electrons. The number of fused-ring (bicyclic) bond motifs is 1. The van der Waals surface area contributed by atoms with E-state index in [-0.39, 0.29) is 11.7 Å². The smallest absolute Gasteiger partial charge is 0.263 e. The Morgan fingerprint density at radius 1 is 1.26 bits per heavy atom. The lowest BCUT2D eigenvalue weighted by molar-refractivity contribution is 0.0937. The van der Waals surface area contributed by atoms with Gasteiger partial charge >= 0.3 is 0 Å². The second-order valence-electron chi connectivity index (χ2n) is 7.79. The largest absolute Gasteiger partial charge is 0.376 e. The van der Waals surface area contributed by atoms with Gasteiger partial charge in [0.2, 0.25) is 0 Å². The van der Waals surface area contributed by atoms with Crippen LogP contribution in [0, 0.1) is 6.92 Å². The van der Waals surface area contributed by atoms with Crippen LogP contribution in [0.1, 0.15) is 24.0 Å². The first kappa shape index (κ1) is 20.4. The van der Waals surface area contributed by atoms with Crippen LogP contribution in [0.15, 0.2) is 64.1 Å². The van der Waals surface area contributed by atoms with Crippen molar-refractivity contribution in [2.24, 2.45) is 0 Å². The van der Waals surface area contributed by atoms with Crippen LogP contribution in [0.2, 0.25) is 0 Å². The van der Waals surface area contributed by atoms with Crippen molar-refractivity contribution >= 4 is 33.3 Å². The molecule has 31 heavy (non-hydrogen) atoms. The summed E-state index contributed by atoms with van der Waals surface area (Å²) in [5.41, 5.74) is 4.34. The molecule has 3 aromatic heterocycles. The van der Waals surface area contributed by atoms with E-state index in [4.69, 9.17) is 9.72 Å². The van der Waals surface area contributed by atoms with E-state index in [1.807, 2.05) is 22.9 Å². The first-order valence-electron chi connectivity index (χ1n) is 10.4. The first-order chi connectivity index (χ1) is 15.2. The molecule has 0 aliphatic carbocycles. The molecule has 0 N–H and O–H groups in total. The van der Waals surface area contributed by atoms with Gasteiger partial charge in [-0.1, -0.05) is 47.7 Å². The number of thiophene rings is 1. The maximum Gasteiger partial charge on any atom is 0.263 e. The Hall–Kier alpha value is -2.48. The summed E-state index contributed by atoms with van der Waals surface area (Å²) in [7, 11) is 0. The van der Waals surface area contributed by atoms with Crippen LogP contribution in [-0.2, 0) is 17.0 Å². The number of aryl methyl sites for hydroxylation is 1. The number of nitrogens with zero attached hydrogens (tertiary/aromatic N) is 3.